The topological polar surface area (TPSA) is 26.3 Å². The Bertz CT molecular complexity index is 268. The normalized spacial score (nSPS) is 9.29. The zero-order valence-corrected chi connectivity index (χ0v) is 10.5. The van der Waals surface area contributed by atoms with Gasteiger partial charge in [0.05, 0.1) is 6.61 Å². The number of hydrogen-bond donors (Lipinski definition) is 0. The van der Waals surface area contributed by atoms with Gasteiger partial charge in [-0.05, 0) is 19.3 Å². The van der Waals surface area contributed by atoms with Crippen molar-refractivity contribution in [3.63, 3.8) is 0 Å². The molecule has 17 heavy (non-hydrogen) atoms. The van der Waals surface area contributed by atoms with Gasteiger partial charge in [0.1, 0.15) is 0 Å². The summed E-state index contributed by atoms with van der Waals surface area (Å²) in [4.78, 5) is 11.2. The Hall–Kier alpha value is -1.41. The maximum absolute atomic E-state index is 11.2. The quantitative estimate of drug-likeness (QED) is 0.329. The molecule has 2 heteroatoms. The lowest BCUT2D eigenvalue weighted by Crippen LogP contribution is -2.05. The monoisotopic (exact) mass is 234 g/mol. The minimum atomic E-state index is -0.132. The average molecular weight is 234 g/mol. The van der Waals surface area contributed by atoms with Crippen LogP contribution in [0.4, 0.5) is 0 Å². The molecule has 0 aliphatic heterocycles. The van der Waals surface area contributed by atoms with Gasteiger partial charge in [-0.25, -0.2) is 0 Å². The van der Waals surface area contributed by atoms with Crippen molar-refractivity contribution in [1.29, 1.82) is 0 Å². The van der Waals surface area contributed by atoms with Gasteiger partial charge < -0.3 is 4.74 Å². The highest BCUT2D eigenvalue weighted by Gasteiger charge is 2.01. The number of ether oxygens (including phenoxy) is 1. The molecule has 0 saturated heterocycles. The molecule has 0 saturated carbocycles. The van der Waals surface area contributed by atoms with E-state index in [9.17, 15) is 4.79 Å². The van der Waals surface area contributed by atoms with Crippen molar-refractivity contribution in [3.05, 3.63) is 0 Å². The van der Waals surface area contributed by atoms with Gasteiger partial charge in [-0.3, -0.25) is 4.79 Å². The molecule has 0 fully saturated rings. The zero-order chi connectivity index (χ0) is 12.8. The Labute approximate surface area is 105 Å². The first-order chi connectivity index (χ1) is 8.31. The van der Waals surface area contributed by atoms with Crippen LogP contribution < -0.4 is 0 Å². The van der Waals surface area contributed by atoms with Crippen molar-refractivity contribution in [2.75, 3.05) is 6.61 Å². The standard InChI is InChI=1S/C15H22O2/c1-3-5-7-8-9-10-12-14-17-15(16)13-11-6-4-2/h1-2H,5-14H2. The molecule has 0 aromatic heterocycles. The van der Waals surface area contributed by atoms with Crippen LogP contribution in [-0.2, 0) is 9.53 Å². The van der Waals surface area contributed by atoms with E-state index in [1.165, 1.54) is 6.42 Å². The molecule has 0 radical (unpaired) electrons. The van der Waals surface area contributed by atoms with Crippen LogP contribution in [0.25, 0.3) is 0 Å². The van der Waals surface area contributed by atoms with Crippen LogP contribution in [0.5, 0.6) is 0 Å². The van der Waals surface area contributed by atoms with Gasteiger partial charge in [0.25, 0.3) is 0 Å². The highest BCUT2D eigenvalue weighted by molar-refractivity contribution is 5.69. The summed E-state index contributed by atoms with van der Waals surface area (Å²) in [5.74, 6) is 5.00. The van der Waals surface area contributed by atoms with E-state index in [1.54, 1.807) is 0 Å². The zero-order valence-electron chi connectivity index (χ0n) is 10.5. The van der Waals surface area contributed by atoms with E-state index in [4.69, 9.17) is 17.6 Å². The third-order valence-electron chi connectivity index (χ3n) is 2.43. The number of carbonyl (C=O) groups excluding carboxylic acids is 1. The van der Waals surface area contributed by atoms with Crippen LogP contribution >= 0.6 is 0 Å². The van der Waals surface area contributed by atoms with Crippen LogP contribution in [-0.4, -0.2) is 12.6 Å². The lowest BCUT2D eigenvalue weighted by Gasteiger charge is -2.03. The first kappa shape index (κ1) is 15.6. The Morgan fingerprint density at radius 3 is 2.18 bits per heavy atom. The third-order valence-corrected chi connectivity index (χ3v) is 2.43. The maximum Gasteiger partial charge on any atom is 0.305 e. The number of hydrogen-bond acceptors (Lipinski definition) is 2. The lowest BCUT2D eigenvalue weighted by atomic mass is 10.1. The minimum absolute atomic E-state index is 0.132. The minimum Gasteiger partial charge on any atom is -0.466 e. The second-order valence-corrected chi connectivity index (χ2v) is 4.00. The SMILES string of the molecule is C#CCCCCCCCOC(=O)CCCC#C. The van der Waals surface area contributed by atoms with Crippen LogP contribution in [0.15, 0.2) is 0 Å². The highest BCUT2D eigenvalue weighted by Crippen LogP contribution is 2.05. The summed E-state index contributed by atoms with van der Waals surface area (Å²) in [5, 5.41) is 0. The molecule has 0 heterocycles. The number of terminal acetylenes is 2. The molecular weight excluding hydrogens is 212 g/mol. The molecule has 0 aliphatic carbocycles. The molecule has 0 aromatic carbocycles. The maximum atomic E-state index is 11.2. The molecule has 0 bridgehead atoms. The fourth-order valence-electron chi connectivity index (χ4n) is 1.45. The Morgan fingerprint density at radius 1 is 0.882 bits per heavy atom. The van der Waals surface area contributed by atoms with Crippen molar-refractivity contribution >= 4 is 5.97 Å². The van der Waals surface area contributed by atoms with Gasteiger partial charge >= 0.3 is 5.97 Å². The predicted molar refractivity (Wildman–Crippen MR) is 70.2 cm³/mol. The van der Waals surface area contributed by atoms with Crippen molar-refractivity contribution in [1.82, 2.24) is 0 Å². The number of carbonyl (C=O) groups is 1. The summed E-state index contributed by atoms with van der Waals surface area (Å²) >= 11 is 0. The first-order valence-corrected chi connectivity index (χ1v) is 6.33. The number of unbranched alkanes of at least 4 members (excludes halogenated alkanes) is 6. The summed E-state index contributed by atoms with van der Waals surface area (Å²) in [5.41, 5.74) is 0. The van der Waals surface area contributed by atoms with E-state index < -0.39 is 0 Å². The smallest absolute Gasteiger partial charge is 0.305 e. The molecule has 0 atom stereocenters. The second-order valence-electron chi connectivity index (χ2n) is 4.00. The molecular formula is C15H22O2. The highest BCUT2D eigenvalue weighted by atomic mass is 16.5. The Morgan fingerprint density at radius 2 is 1.47 bits per heavy atom. The molecule has 0 rings (SSSR count). The predicted octanol–water partition coefficient (Wildman–Crippen LogP) is 3.31. The van der Waals surface area contributed by atoms with Gasteiger partial charge in [0.2, 0.25) is 0 Å². The van der Waals surface area contributed by atoms with Gasteiger partial charge in [-0.15, -0.1) is 24.7 Å². The number of rotatable bonds is 10. The average Bonchev–Trinajstić information content (AvgIpc) is 2.33. The molecule has 0 amide bonds. The van der Waals surface area contributed by atoms with E-state index in [-0.39, 0.29) is 5.97 Å². The molecule has 2 nitrogen and oxygen atoms in total. The van der Waals surface area contributed by atoms with Crippen molar-refractivity contribution in [3.8, 4) is 24.7 Å². The van der Waals surface area contributed by atoms with Gasteiger partial charge in [0.15, 0.2) is 0 Å². The summed E-state index contributed by atoms with van der Waals surface area (Å²) in [6, 6.07) is 0. The second kappa shape index (κ2) is 12.7. The molecule has 0 aromatic rings. The largest absolute Gasteiger partial charge is 0.466 e. The first-order valence-electron chi connectivity index (χ1n) is 6.33. The van der Waals surface area contributed by atoms with Gasteiger partial charge in [0, 0.05) is 19.3 Å². The third kappa shape index (κ3) is 12.5. The van der Waals surface area contributed by atoms with Crippen molar-refractivity contribution < 1.29 is 9.53 Å². The van der Waals surface area contributed by atoms with E-state index in [1.807, 2.05) is 0 Å². The lowest BCUT2D eigenvalue weighted by molar-refractivity contribution is -0.143. The number of esters is 1. The summed E-state index contributed by atoms with van der Waals surface area (Å²) in [6.45, 7) is 0.532. The molecule has 0 aliphatic rings. The van der Waals surface area contributed by atoms with Crippen LogP contribution in [0, 0.1) is 24.7 Å². The van der Waals surface area contributed by atoms with E-state index in [2.05, 4.69) is 11.8 Å². The molecule has 0 N–H and O–H groups in total. The van der Waals surface area contributed by atoms with E-state index in [0.717, 1.165) is 38.5 Å². The summed E-state index contributed by atoms with van der Waals surface area (Å²) < 4.78 is 5.08. The molecule has 0 spiro atoms. The van der Waals surface area contributed by atoms with Crippen molar-refractivity contribution in [2.45, 2.75) is 57.8 Å². The Kier molecular flexibility index (Phi) is 11.6. The molecule has 94 valence electrons. The summed E-state index contributed by atoms with van der Waals surface area (Å²) in [7, 11) is 0. The van der Waals surface area contributed by atoms with Gasteiger partial charge in [-0.2, -0.15) is 0 Å². The Balaban J connectivity index is 3.15. The van der Waals surface area contributed by atoms with E-state index >= 15 is 0 Å². The fourth-order valence-corrected chi connectivity index (χ4v) is 1.45. The summed E-state index contributed by atoms with van der Waals surface area (Å²) in [6.07, 6.45) is 18.4. The molecule has 0 unspecified atom stereocenters. The van der Waals surface area contributed by atoms with E-state index in [0.29, 0.717) is 19.4 Å². The van der Waals surface area contributed by atoms with Crippen LogP contribution in [0.1, 0.15) is 57.8 Å². The van der Waals surface area contributed by atoms with Crippen molar-refractivity contribution in [2.24, 2.45) is 0 Å². The van der Waals surface area contributed by atoms with Crippen LogP contribution in [0.2, 0.25) is 0 Å². The fraction of sp³-hybridized carbons (Fsp3) is 0.667. The van der Waals surface area contributed by atoms with Crippen LogP contribution in [0.3, 0.4) is 0 Å². The van der Waals surface area contributed by atoms with Gasteiger partial charge in [-0.1, -0.05) is 19.3 Å².